The first-order valence-corrected chi connectivity index (χ1v) is 8.04. The van der Waals surface area contributed by atoms with Crippen LogP contribution in [-0.4, -0.2) is 5.60 Å². The molecule has 2 nitrogen and oxygen atoms in total. The molecule has 110 valence electrons. The number of rotatable bonds is 2. The smallest absolute Gasteiger partial charge is 0.125 e. The second kappa shape index (κ2) is 5.38. The molecular formula is C18H20BrNO. The van der Waals surface area contributed by atoms with Gasteiger partial charge in [0.25, 0.3) is 0 Å². The minimum absolute atomic E-state index is 0.161. The van der Waals surface area contributed by atoms with Crippen molar-refractivity contribution in [2.75, 3.05) is 5.32 Å². The van der Waals surface area contributed by atoms with Crippen molar-refractivity contribution in [2.45, 2.75) is 38.8 Å². The highest BCUT2D eigenvalue weighted by atomic mass is 79.9. The molecule has 0 radical (unpaired) electrons. The van der Waals surface area contributed by atoms with Gasteiger partial charge in [0.1, 0.15) is 11.4 Å². The van der Waals surface area contributed by atoms with E-state index in [-0.39, 0.29) is 11.6 Å². The lowest BCUT2D eigenvalue weighted by atomic mass is 9.89. The molecule has 1 atom stereocenters. The maximum absolute atomic E-state index is 6.09. The quantitative estimate of drug-likeness (QED) is 0.778. The number of anilines is 1. The predicted molar refractivity (Wildman–Crippen MR) is 91.0 cm³/mol. The van der Waals surface area contributed by atoms with Crippen LogP contribution in [0.4, 0.5) is 5.69 Å². The van der Waals surface area contributed by atoms with E-state index in [0.717, 1.165) is 16.6 Å². The summed E-state index contributed by atoms with van der Waals surface area (Å²) in [5.74, 6) is 0.985. The molecule has 0 saturated heterocycles. The van der Waals surface area contributed by atoms with E-state index >= 15 is 0 Å². The molecule has 0 fully saturated rings. The van der Waals surface area contributed by atoms with Crippen LogP contribution < -0.4 is 10.1 Å². The fraction of sp³-hybridized carbons (Fsp3) is 0.333. The Morgan fingerprint density at radius 3 is 2.76 bits per heavy atom. The van der Waals surface area contributed by atoms with Gasteiger partial charge in [-0.15, -0.1) is 0 Å². The number of aryl methyl sites for hydroxylation is 1. The van der Waals surface area contributed by atoms with E-state index < -0.39 is 0 Å². The van der Waals surface area contributed by atoms with Crippen LogP contribution in [0.2, 0.25) is 0 Å². The first-order chi connectivity index (χ1) is 9.94. The molecule has 1 unspecified atom stereocenters. The number of ether oxygens (including phenoxy) is 1. The molecule has 3 rings (SSSR count). The van der Waals surface area contributed by atoms with E-state index in [0.29, 0.717) is 0 Å². The van der Waals surface area contributed by atoms with Gasteiger partial charge in [0.2, 0.25) is 0 Å². The van der Waals surface area contributed by atoms with Crippen LogP contribution in [0, 0.1) is 6.92 Å². The molecule has 2 aromatic carbocycles. The summed E-state index contributed by atoms with van der Waals surface area (Å²) in [5.41, 5.74) is 3.49. The zero-order valence-corrected chi connectivity index (χ0v) is 14.2. The Morgan fingerprint density at radius 1 is 1.19 bits per heavy atom. The SMILES string of the molecule is Cc1ccc(Br)cc1NC1CC(C)(C)Oc2ccccc21. The van der Waals surface area contributed by atoms with Gasteiger partial charge in [-0.1, -0.05) is 40.2 Å². The number of halogens is 1. The summed E-state index contributed by atoms with van der Waals surface area (Å²) >= 11 is 3.55. The largest absolute Gasteiger partial charge is 0.487 e. The molecule has 0 amide bonds. The zero-order chi connectivity index (χ0) is 15.0. The van der Waals surface area contributed by atoms with Gasteiger partial charge in [-0.05, 0) is 44.5 Å². The molecular weight excluding hydrogens is 326 g/mol. The van der Waals surface area contributed by atoms with Crippen LogP contribution >= 0.6 is 15.9 Å². The van der Waals surface area contributed by atoms with Crippen molar-refractivity contribution < 1.29 is 4.74 Å². The normalized spacial score (nSPS) is 19.5. The molecule has 0 bridgehead atoms. The number of hydrogen-bond donors (Lipinski definition) is 1. The van der Waals surface area contributed by atoms with E-state index in [1.807, 2.05) is 6.07 Å². The van der Waals surface area contributed by atoms with Crippen LogP contribution in [0.3, 0.4) is 0 Å². The van der Waals surface area contributed by atoms with Crippen molar-refractivity contribution in [1.29, 1.82) is 0 Å². The molecule has 1 aliphatic rings. The molecule has 0 saturated carbocycles. The molecule has 1 aliphatic heterocycles. The zero-order valence-electron chi connectivity index (χ0n) is 12.6. The second-order valence-electron chi connectivity index (χ2n) is 6.26. The molecule has 21 heavy (non-hydrogen) atoms. The van der Waals surface area contributed by atoms with Gasteiger partial charge in [-0.3, -0.25) is 0 Å². The van der Waals surface area contributed by atoms with Gasteiger partial charge >= 0.3 is 0 Å². The van der Waals surface area contributed by atoms with E-state index in [4.69, 9.17) is 4.74 Å². The van der Waals surface area contributed by atoms with Crippen molar-refractivity contribution >= 4 is 21.6 Å². The Kier molecular flexibility index (Phi) is 3.70. The Bertz CT molecular complexity index is 666. The molecule has 3 heteroatoms. The summed E-state index contributed by atoms with van der Waals surface area (Å²) in [6, 6.07) is 14.9. The maximum Gasteiger partial charge on any atom is 0.125 e. The van der Waals surface area contributed by atoms with E-state index in [9.17, 15) is 0 Å². The minimum Gasteiger partial charge on any atom is -0.487 e. The van der Waals surface area contributed by atoms with Crippen molar-refractivity contribution in [3.05, 3.63) is 58.1 Å². The topological polar surface area (TPSA) is 21.3 Å². The van der Waals surface area contributed by atoms with Crippen molar-refractivity contribution in [3.8, 4) is 5.75 Å². The van der Waals surface area contributed by atoms with Gasteiger partial charge in [0.15, 0.2) is 0 Å². The Labute approximate surface area is 134 Å². The fourth-order valence-corrected chi connectivity index (χ4v) is 3.23. The highest BCUT2D eigenvalue weighted by Crippen LogP contribution is 2.41. The molecule has 2 aromatic rings. The Balaban J connectivity index is 1.96. The summed E-state index contributed by atoms with van der Waals surface area (Å²) in [5, 5.41) is 3.69. The number of benzene rings is 2. The third-order valence-corrected chi connectivity index (χ3v) is 4.40. The Hall–Kier alpha value is -1.48. The maximum atomic E-state index is 6.09. The Morgan fingerprint density at radius 2 is 1.95 bits per heavy atom. The summed E-state index contributed by atoms with van der Waals surface area (Å²) in [4.78, 5) is 0. The average Bonchev–Trinajstić information content (AvgIpc) is 2.41. The number of para-hydroxylation sites is 1. The lowest BCUT2D eigenvalue weighted by molar-refractivity contribution is 0.0759. The van der Waals surface area contributed by atoms with Crippen molar-refractivity contribution in [2.24, 2.45) is 0 Å². The van der Waals surface area contributed by atoms with Crippen LogP contribution in [0.15, 0.2) is 46.9 Å². The predicted octanol–water partition coefficient (Wildman–Crippen LogP) is 5.47. The van der Waals surface area contributed by atoms with Crippen molar-refractivity contribution in [1.82, 2.24) is 0 Å². The van der Waals surface area contributed by atoms with Gasteiger partial charge in [0.05, 0.1) is 6.04 Å². The highest BCUT2D eigenvalue weighted by molar-refractivity contribution is 9.10. The number of hydrogen-bond acceptors (Lipinski definition) is 2. The van der Waals surface area contributed by atoms with Crippen molar-refractivity contribution in [3.63, 3.8) is 0 Å². The van der Waals surface area contributed by atoms with E-state index in [2.05, 4.69) is 78.4 Å². The monoisotopic (exact) mass is 345 g/mol. The molecule has 0 spiro atoms. The fourth-order valence-electron chi connectivity index (χ4n) is 2.87. The molecule has 1 heterocycles. The van der Waals surface area contributed by atoms with Crippen LogP contribution in [-0.2, 0) is 0 Å². The third kappa shape index (κ3) is 3.08. The highest BCUT2D eigenvalue weighted by Gasteiger charge is 2.33. The van der Waals surface area contributed by atoms with E-state index in [1.54, 1.807) is 0 Å². The first-order valence-electron chi connectivity index (χ1n) is 7.25. The van der Waals surface area contributed by atoms with Crippen LogP contribution in [0.25, 0.3) is 0 Å². The third-order valence-electron chi connectivity index (χ3n) is 3.91. The average molecular weight is 346 g/mol. The molecule has 1 N–H and O–H groups in total. The van der Waals surface area contributed by atoms with Crippen LogP contribution in [0.5, 0.6) is 5.75 Å². The molecule has 0 aliphatic carbocycles. The summed E-state index contributed by atoms with van der Waals surface area (Å²) in [7, 11) is 0. The summed E-state index contributed by atoms with van der Waals surface area (Å²) < 4.78 is 7.18. The first kappa shape index (κ1) is 14.5. The second-order valence-corrected chi connectivity index (χ2v) is 7.18. The van der Waals surface area contributed by atoms with Gasteiger partial charge in [-0.25, -0.2) is 0 Å². The standard InChI is InChI=1S/C18H20BrNO/c1-12-8-9-13(19)10-15(12)20-16-11-18(2,3)21-17-7-5-4-6-14(16)17/h4-10,16,20H,11H2,1-3H3. The van der Waals surface area contributed by atoms with Gasteiger partial charge < -0.3 is 10.1 Å². The summed E-state index contributed by atoms with van der Waals surface area (Å²) in [6.07, 6.45) is 0.940. The van der Waals surface area contributed by atoms with Gasteiger partial charge in [-0.2, -0.15) is 0 Å². The van der Waals surface area contributed by atoms with Crippen LogP contribution in [0.1, 0.15) is 37.4 Å². The number of nitrogens with one attached hydrogen (secondary N) is 1. The summed E-state index contributed by atoms with van der Waals surface area (Å²) in [6.45, 7) is 6.42. The molecule has 0 aromatic heterocycles. The van der Waals surface area contributed by atoms with Gasteiger partial charge in [0, 0.05) is 22.1 Å². The lowest BCUT2D eigenvalue weighted by Crippen LogP contribution is -2.37. The number of fused-ring (bicyclic) bond motifs is 1. The lowest BCUT2D eigenvalue weighted by Gasteiger charge is -2.38. The minimum atomic E-state index is -0.161. The van der Waals surface area contributed by atoms with E-state index in [1.165, 1.54) is 16.8 Å².